The first-order chi connectivity index (χ1) is 8.81. The average Bonchev–Trinajstić information content (AvgIpc) is 2.43. The summed E-state index contributed by atoms with van der Waals surface area (Å²) < 4.78 is 12.2. The van der Waals surface area contributed by atoms with Crippen LogP contribution in [0.25, 0.3) is 10.8 Å². The highest BCUT2D eigenvalue weighted by atomic mass is 127. The summed E-state index contributed by atoms with van der Waals surface area (Å²) in [6.07, 6.45) is 2.17. The molecule has 0 spiro atoms. The summed E-state index contributed by atoms with van der Waals surface area (Å²) in [5.41, 5.74) is 1.23. The van der Waals surface area contributed by atoms with Gasteiger partial charge >= 0.3 is 0 Å². The average molecular weight is 356 g/mol. The second-order valence-electron chi connectivity index (χ2n) is 4.11. The molecule has 0 aliphatic rings. The molecule has 18 heavy (non-hydrogen) atoms. The van der Waals surface area contributed by atoms with Crippen LogP contribution in [-0.4, -0.2) is 18.6 Å². The van der Waals surface area contributed by atoms with Crippen molar-refractivity contribution in [2.45, 2.75) is 12.8 Å². The van der Waals surface area contributed by atoms with Gasteiger partial charge in [0.1, 0.15) is 11.5 Å². The fourth-order valence-electron chi connectivity index (χ4n) is 2.22. The predicted octanol–water partition coefficient (Wildman–Crippen LogP) is 4.22. The lowest BCUT2D eigenvalue weighted by molar-refractivity contribution is 0.406. The van der Waals surface area contributed by atoms with Crippen LogP contribution in [0.4, 0.5) is 0 Å². The van der Waals surface area contributed by atoms with E-state index in [4.69, 9.17) is 9.47 Å². The van der Waals surface area contributed by atoms with Crippen molar-refractivity contribution >= 4 is 33.4 Å². The van der Waals surface area contributed by atoms with Crippen molar-refractivity contribution in [2.75, 3.05) is 18.6 Å². The lowest BCUT2D eigenvalue weighted by atomic mass is 10.0. The van der Waals surface area contributed by atoms with E-state index in [0.29, 0.717) is 0 Å². The first-order valence-electron chi connectivity index (χ1n) is 6.00. The third-order valence-corrected chi connectivity index (χ3v) is 3.80. The number of rotatable bonds is 5. The van der Waals surface area contributed by atoms with E-state index < -0.39 is 0 Å². The Balaban J connectivity index is 2.62. The number of hydrogen-bond donors (Lipinski definition) is 0. The molecule has 2 rings (SSSR count). The molecule has 0 unspecified atom stereocenters. The molecule has 0 aliphatic heterocycles. The summed E-state index contributed by atoms with van der Waals surface area (Å²) in [6.45, 7) is 0. The zero-order valence-corrected chi connectivity index (χ0v) is 12.9. The van der Waals surface area contributed by atoms with Crippen LogP contribution >= 0.6 is 22.6 Å². The molecular weight excluding hydrogens is 339 g/mol. The third kappa shape index (κ3) is 2.55. The molecule has 2 nitrogen and oxygen atoms in total. The molecule has 0 amide bonds. The van der Waals surface area contributed by atoms with Crippen molar-refractivity contribution < 1.29 is 9.47 Å². The van der Waals surface area contributed by atoms with E-state index in [1.165, 1.54) is 5.56 Å². The van der Waals surface area contributed by atoms with Gasteiger partial charge in [-0.15, -0.1) is 0 Å². The van der Waals surface area contributed by atoms with Crippen LogP contribution in [0.2, 0.25) is 0 Å². The Morgan fingerprint density at radius 1 is 1.06 bits per heavy atom. The molecule has 0 radical (unpaired) electrons. The van der Waals surface area contributed by atoms with Crippen LogP contribution in [0.3, 0.4) is 0 Å². The highest BCUT2D eigenvalue weighted by Crippen LogP contribution is 2.37. The maximum absolute atomic E-state index is 5.60. The van der Waals surface area contributed by atoms with Crippen molar-refractivity contribution in [3.05, 3.63) is 35.9 Å². The third-order valence-electron chi connectivity index (χ3n) is 3.04. The number of methoxy groups -OCH3 is 2. The largest absolute Gasteiger partial charge is 0.496 e. The number of alkyl halides is 1. The van der Waals surface area contributed by atoms with E-state index in [0.717, 1.165) is 39.5 Å². The molecule has 0 fully saturated rings. The minimum absolute atomic E-state index is 0.926. The fraction of sp³-hybridized carbons (Fsp3) is 0.333. The van der Waals surface area contributed by atoms with Gasteiger partial charge in [-0.3, -0.25) is 0 Å². The van der Waals surface area contributed by atoms with Gasteiger partial charge in [0, 0.05) is 10.8 Å². The van der Waals surface area contributed by atoms with Gasteiger partial charge < -0.3 is 9.47 Å². The number of fused-ring (bicyclic) bond motifs is 1. The molecule has 0 N–H and O–H groups in total. The van der Waals surface area contributed by atoms with Crippen molar-refractivity contribution in [1.29, 1.82) is 0 Å². The number of benzene rings is 2. The van der Waals surface area contributed by atoms with E-state index in [9.17, 15) is 0 Å². The maximum atomic E-state index is 5.60. The van der Waals surface area contributed by atoms with E-state index in [1.54, 1.807) is 14.2 Å². The van der Waals surface area contributed by atoms with E-state index in [-0.39, 0.29) is 0 Å². The van der Waals surface area contributed by atoms with Crippen LogP contribution in [0, 0.1) is 0 Å². The lowest BCUT2D eigenvalue weighted by Gasteiger charge is -2.14. The van der Waals surface area contributed by atoms with E-state index in [2.05, 4.69) is 40.8 Å². The van der Waals surface area contributed by atoms with Gasteiger partial charge in [-0.25, -0.2) is 0 Å². The van der Waals surface area contributed by atoms with E-state index >= 15 is 0 Å². The normalized spacial score (nSPS) is 10.6. The molecule has 2 aromatic carbocycles. The number of halogens is 1. The molecule has 96 valence electrons. The lowest BCUT2D eigenvalue weighted by Crippen LogP contribution is -1.97. The zero-order valence-electron chi connectivity index (χ0n) is 10.7. The van der Waals surface area contributed by atoms with E-state index in [1.807, 2.05) is 12.1 Å². The quantitative estimate of drug-likeness (QED) is 0.590. The zero-order chi connectivity index (χ0) is 13.0. The van der Waals surface area contributed by atoms with Gasteiger partial charge in [0.25, 0.3) is 0 Å². The van der Waals surface area contributed by atoms with Crippen LogP contribution < -0.4 is 9.47 Å². The van der Waals surface area contributed by atoms with Gasteiger partial charge in [-0.05, 0) is 28.9 Å². The Kier molecular flexibility index (Phi) is 4.69. The highest BCUT2D eigenvalue weighted by molar-refractivity contribution is 14.1. The van der Waals surface area contributed by atoms with Crippen LogP contribution in [0.15, 0.2) is 30.3 Å². The summed E-state index contributed by atoms with van der Waals surface area (Å²) in [4.78, 5) is 0. The van der Waals surface area contributed by atoms with Gasteiger partial charge in [0.05, 0.1) is 14.2 Å². The SMILES string of the molecule is COc1cc(CCCI)c(OC)c2ccccc12. The Morgan fingerprint density at radius 3 is 2.39 bits per heavy atom. The molecular formula is C15H17IO2. The first kappa shape index (κ1) is 13.5. The standard InChI is InChI=1S/C15H17IO2/c1-17-14-10-11(6-5-9-16)15(18-2)13-8-4-3-7-12(13)14/h3-4,7-8,10H,5-6,9H2,1-2H3. The fourth-order valence-corrected chi connectivity index (χ4v) is 2.60. The monoisotopic (exact) mass is 356 g/mol. The molecule has 0 saturated carbocycles. The number of ether oxygens (including phenoxy) is 2. The van der Waals surface area contributed by atoms with Crippen LogP contribution in [0.1, 0.15) is 12.0 Å². The topological polar surface area (TPSA) is 18.5 Å². The highest BCUT2D eigenvalue weighted by Gasteiger charge is 2.12. The second kappa shape index (κ2) is 6.27. The molecule has 0 aliphatic carbocycles. The Bertz CT molecular complexity index is 537. The van der Waals surface area contributed by atoms with Crippen LogP contribution in [-0.2, 0) is 6.42 Å². The van der Waals surface area contributed by atoms with Gasteiger partial charge in [0.15, 0.2) is 0 Å². The molecule has 0 saturated heterocycles. The summed E-state index contributed by atoms with van der Waals surface area (Å²) in [5.74, 6) is 1.91. The van der Waals surface area contributed by atoms with Crippen molar-refractivity contribution in [3.8, 4) is 11.5 Å². The summed E-state index contributed by atoms with van der Waals surface area (Å²) in [7, 11) is 3.46. The number of hydrogen-bond acceptors (Lipinski definition) is 2. The molecule has 2 aromatic rings. The van der Waals surface area contributed by atoms with Gasteiger partial charge in [0.2, 0.25) is 0 Å². The molecule has 3 heteroatoms. The Morgan fingerprint density at radius 2 is 1.78 bits per heavy atom. The summed E-state index contributed by atoms with van der Waals surface area (Å²) in [5, 5.41) is 2.23. The summed E-state index contributed by atoms with van der Waals surface area (Å²) >= 11 is 2.40. The smallest absolute Gasteiger partial charge is 0.130 e. The minimum atomic E-state index is 0.926. The minimum Gasteiger partial charge on any atom is -0.496 e. The summed E-state index contributed by atoms with van der Waals surface area (Å²) in [6, 6.07) is 10.3. The molecule has 0 bridgehead atoms. The van der Waals surface area contributed by atoms with Crippen molar-refractivity contribution in [2.24, 2.45) is 0 Å². The van der Waals surface area contributed by atoms with Crippen LogP contribution in [0.5, 0.6) is 11.5 Å². The van der Waals surface area contributed by atoms with Gasteiger partial charge in [-0.1, -0.05) is 46.9 Å². The molecule has 0 atom stereocenters. The maximum Gasteiger partial charge on any atom is 0.130 e. The first-order valence-corrected chi connectivity index (χ1v) is 7.53. The molecule has 0 aromatic heterocycles. The van der Waals surface area contributed by atoms with Crippen molar-refractivity contribution in [3.63, 3.8) is 0 Å². The van der Waals surface area contributed by atoms with Gasteiger partial charge in [-0.2, -0.15) is 0 Å². The molecule has 0 heterocycles. The predicted molar refractivity (Wildman–Crippen MR) is 84.3 cm³/mol. The van der Waals surface area contributed by atoms with Crippen molar-refractivity contribution in [1.82, 2.24) is 0 Å². The number of aryl methyl sites for hydroxylation is 1. The Labute approximate surface area is 121 Å². The second-order valence-corrected chi connectivity index (χ2v) is 5.19. The Hall–Kier alpha value is -0.970.